The molecule has 4 rings (SSSR count). The second kappa shape index (κ2) is 8.07. The van der Waals surface area contributed by atoms with Gasteiger partial charge in [0.15, 0.2) is 5.13 Å². The number of piperazine rings is 1. The molecule has 8 nitrogen and oxygen atoms in total. The SMILES string of the molecule is O=S(=O)(N1CCCC1)N1CCN(Cc2cnc(N3CCOCC3)s2)CC1. The van der Waals surface area contributed by atoms with Gasteiger partial charge in [-0.25, -0.2) is 4.98 Å². The van der Waals surface area contributed by atoms with Gasteiger partial charge < -0.3 is 9.64 Å². The van der Waals surface area contributed by atoms with Crippen molar-refractivity contribution in [3.63, 3.8) is 0 Å². The summed E-state index contributed by atoms with van der Waals surface area (Å²) in [7, 11) is -3.26. The fourth-order valence-electron chi connectivity index (χ4n) is 3.69. The van der Waals surface area contributed by atoms with Gasteiger partial charge in [-0.05, 0) is 12.8 Å². The van der Waals surface area contributed by atoms with E-state index in [1.807, 2.05) is 6.20 Å². The molecule has 0 N–H and O–H groups in total. The zero-order chi connectivity index (χ0) is 18.0. The third kappa shape index (κ3) is 4.05. The molecule has 3 saturated heterocycles. The summed E-state index contributed by atoms with van der Waals surface area (Å²) >= 11 is 1.74. The first-order chi connectivity index (χ1) is 12.6. The lowest BCUT2D eigenvalue weighted by atomic mass is 10.3. The van der Waals surface area contributed by atoms with E-state index in [-0.39, 0.29) is 0 Å². The first kappa shape index (κ1) is 18.6. The van der Waals surface area contributed by atoms with Gasteiger partial charge in [-0.1, -0.05) is 0 Å². The van der Waals surface area contributed by atoms with Crippen molar-refractivity contribution in [2.24, 2.45) is 0 Å². The van der Waals surface area contributed by atoms with E-state index in [0.29, 0.717) is 26.2 Å². The Hall–Kier alpha value is -0.780. The number of hydrogen-bond acceptors (Lipinski definition) is 7. The van der Waals surface area contributed by atoms with Gasteiger partial charge in [0, 0.05) is 70.0 Å². The van der Waals surface area contributed by atoms with Crippen LogP contribution in [0.2, 0.25) is 0 Å². The third-order valence-corrected chi connectivity index (χ3v) is 8.33. The molecule has 10 heteroatoms. The highest BCUT2D eigenvalue weighted by Gasteiger charge is 2.33. The van der Waals surface area contributed by atoms with E-state index in [9.17, 15) is 8.42 Å². The summed E-state index contributed by atoms with van der Waals surface area (Å²) in [5.41, 5.74) is 0. The van der Waals surface area contributed by atoms with Crippen LogP contribution >= 0.6 is 11.3 Å². The molecule has 0 aliphatic carbocycles. The molecule has 3 aliphatic rings. The number of rotatable bonds is 5. The van der Waals surface area contributed by atoms with Gasteiger partial charge in [0.2, 0.25) is 0 Å². The largest absolute Gasteiger partial charge is 0.378 e. The van der Waals surface area contributed by atoms with Crippen LogP contribution in [0.5, 0.6) is 0 Å². The summed E-state index contributed by atoms with van der Waals surface area (Å²) in [5.74, 6) is 0. The molecule has 146 valence electrons. The Morgan fingerprint density at radius 1 is 0.962 bits per heavy atom. The van der Waals surface area contributed by atoms with Crippen molar-refractivity contribution in [2.75, 3.05) is 70.5 Å². The molecule has 1 aromatic heterocycles. The van der Waals surface area contributed by atoms with Crippen LogP contribution in [0.3, 0.4) is 0 Å². The highest BCUT2D eigenvalue weighted by Crippen LogP contribution is 2.25. The Morgan fingerprint density at radius 3 is 2.31 bits per heavy atom. The molecule has 0 unspecified atom stereocenters. The van der Waals surface area contributed by atoms with Crippen molar-refractivity contribution in [3.05, 3.63) is 11.1 Å². The van der Waals surface area contributed by atoms with Crippen LogP contribution in [0, 0.1) is 0 Å². The number of nitrogens with zero attached hydrogens (tertiary/aromatic N) is 5. The number of anilines is 1. The fraction of sp³-hybridized carbons (Fsp3) is 0.812. The van der Waals surface area contributed by atoms with Crippen molar-refractivity contribution in [2.45, 2.75) is 19.4 Å². The summed E-state index contributed by atoms with van der Waals surface area (Å²) in [4.78, 5) is 10.4. The van der Waals surface area contributed by atoms with Crippen molar-refractivity contribution >= 4 is 26.7 Å². The molecule has 0 saturated carbocycles. The number of ether oxygens (including phenoxy) is 1. The van der Waals surface area contributed by atoms with Crippen LogP contribution < -0.4 is 4.90 Å². The molecule has 3 aliphatic heterocycles. The summed E-state index contributed by atoms with van der Waals surface area (Å²) < 4.78 is 34.0. The molecule has 0 bridgehead atoms. The lowest BCUT2D eigenvalue weighted by Gasteiger charge is -2.35. The van der Waals surface area contributed by atoms with Crippen LogP contribution in [-0.4, -0.2) is 92.5 Å². The van der Waals surface area contributed by atoms with E-state index in [0.717, 1.165) is 63.9 Å². The lowest BCUT2D eigenvalue weighted by Crippen LogP contribution is -2.52. The highest BCUT2D eigenvalue weighted by molar-refractivity contribution is 7.86. The summed E-state index contributed by atoms with van der Waals surface area (Å²) in [6.07, 6.45) is 3.93. The Kier molecular flexibility index (Phi) is 5.77. The van der Waals surface area contributed by atoms with Crippen LogP contribution in [0.25, 0.3) is 0 Å². The molecular weight excluding hydrogens is 374 g/mol. The number of morpholine rings is 1. The average molecular weight is 402 g/mol. The van der Waals surface area contributed by atoms with E-state index in [2.05, 4.69) is 14.8 Å². The first-order valence-corrected chi connectivity index (χ1v) is 11.6. The Balaban J connectivity index is 1.29. The molecule has 0 atom stereocenters. The van der Waals surface area contributed by atoms with Crippen molar-refractivity contribution in [1.82, 2.24) is 18.5 Å². The lowest BCUT2D eigenvalue weighted by molar-refractivity contribution is 0.122. The summed E-state index contributed by atoms with van der Waals surface area (Å²) in [5, 5.41) is 1.07. The molecule has 3 fully saturated rings. The van der Waals surface area contributed by atoms with Gasteiger partial charge in [-0.2, -0.15) is 17.0 Å². The topological polar surface area (TPSA) is 69.2 Å². The fourth-order valence-corrected chi connectivity index (χ4v) is 6.37. The molecule has 0 amide bonds. The Bertz CT molecular complexity index is 690. The highest BCUT2D eigenvalue weighted by atomic mass is 32.2. The van der Waals surface area contributed by atoms with Crippen LogP contribution in [-0.2, 0) is 21.5 Å². The maximum atomic E-state index is 12.6. The minimum Gasteiger partial charge on any atom is -0.378 e. The van der Waals surface area contributed by atoms with Crippen LogP contribution in [0.1, 0.15) is 17.7 Å². The quantitative estimate of drug-likeness (QED) is 0.713. The number of hydrogen-bond donors (Lipinski definition) is 0. The molecular formula is C16H27N5O3S2. The first-order valence-electron chi connectivity index (χ1n) is 9.38. The van der Waals surface area contributed by atoms with E-state index in [4.69, 9.17) is 4.74 Å². The minimum absolute atomic E-state index is 0.577. The van der Waals surface area contributed by atoms with E-state index in [1.165, 1.54) is 4.88 Å². The van der Waals surface area contributed by atoms with Gasteiger partial charge in [0.25, 0.3) is 10.2 Å². The predicted molar refractivity (Wildman–Crippen MR) is 102 cm³/mol. The van der Waals surface area contributed by atoms with Gasteiger partial charge in [-0.3, -0.25) is 4.90 Å². The maximum Gasteiger partial charge on any atom is 0.282 e. The van der Waals surface area contributed by atoms with E-state index >= 15 is 0 Å². The minimum atomic E-state index is -3.26. The molecule has 0 spiro atoms. The van der Waals surface area contributed by atoms with E-state index in [1.54, 1.807) is 19.9 Å². The molecule has 0 aromatic carbocycles. The van der Waals surface area contributed by atoms with Crippen LogP contribution in [0.4, 0.5) is 5.13 Å². The molecule has 4 heterocycles. The Labute approximate surface area is 159 Å². The van der Waals surface area contributed by atoms with Crippen molar-refractivity contribution in [3.8, 4) is 0 Å². The molecule has 26 heavy (non-hydrogen) atoms. The Morgan fingerprint density at radius 2 is 1.62 bits per heavy atom. The maximum absolute atomic E-state index is 12.6. The second-order valence-electron chi connectivity index (χ2n) is 7.00. The van der Waals surface area contributed by atoms with Crippen molar-refractivity contribution in [1.29, 1.82) is 0 Å². The number of aromatic nitrogens is 1. The normalized spacial score (nSPS) is 24.4. The summed E-state index contributed by atoms with van der Waals surface area (Å²) in [6, 6.07) is 0. The van der Waals surface area contributed by atoms with Gasteiger partial charge in [-0.15, -0.1) is 11.3 Å². The second-order valence-corrected chi connectivity index (χ2v) is 10.0. The van der Waals surface area contributed by atoms with Gasteiger partial charge in [0.05, 0.1) is 13.2 Å². The average Bonchev–Trinajstić information content (AvgIpc) is 3.35. The predicted octanol–water partition coefficient (Wildman–Crippen LogP) is 0.438. The molecule has 1 aromatic rings. The van der Waals surface area contributed by atoms with Crippen LogP contribution in [0.15, 0.2) is 6.20 Å². The van der Waals surface area contributed by atoms with Gasteiger partial charge in [0.1, 0.15) is 0 Å². The van der Waals surface area contributed by atoms with E-state index < -0.39 is 10.2 Å². The standard InChI is InChI=1S/C16H27N5O3S2/c22-26(23,20-3-1-2-4-20)21-7-5-18(6-8-21)14-15-13-17-16(25-15)19-9-11-24-12-10-19/h13H,1-12,14H2. The number of thiazole rings is 1. The van der Waals surface area contributed by atoms with Crippen molar-refractivity contribution < 1.29 is 13.2 Å². The smallest absolute Gasteiger partial charge is 0.282 e. The zero-order valence-corrected chi connectivity index (χ0v) is 16.7. The third-order valence-electron chi connectivity index (χ3n) is 5.25. The molecule has 0 radical (unpaired) electrons. The summed E-state index contributed by atoms with van der Waals surface area (Å²) in [6.45, 7) is 8.24. The zero-order valence-electron chi connectivity index (χ0n) is 15.0. The van der Waals surface area contributed by atoms with Gasteiger partial charge >= 0.3 is 0 Å². The monoisotopic (exact) mass is 401 g/mol.